The Hall–Kier alpha value is -1.40. The summed E-state index contributed by atoms with van der Waals surface area (Å²) in [6, 6.07) is 0.269. The van der Waals surface area contributed by atoms with Gasteiger partial charge in [0.25, 0.3) is 5.91 Å². The number of nitrogens with zero attached hydrogens (tertiary/aromatic N) is 3. The molecule has 3 heterocycles. The average Bonchev–Trinajstić information content (AvgIpc) is 3.06. The highest BCUT2D eigenvalue weighted by molar-refractivity contribution is 5.80. The van der Waals surface area contributed by atoms with Crippen LogP contribution in [0.2, 0.25) is 0 Å². The van der Waals surface area contributed by atoms with Gasteiger partial charge in [0, 0.05) is 25.9 Å². The number of aromatic nitrogens is 2. The highest BCUT2D eigenvalue weighted by atomic mass is 16.5. The smallest absolute Gasteiger partial charge is 0.251 e. The summed E-state index contributed by atoms with van der Waals surface area (Å²) in [6.45, 7) is 6.75. The summed E-state index contributed by atoms with van der Waals surface area (Å²) in [4.78, 5) is 14.6. The van der Waals surface area contributed by atoms with Gasteiger partial charge in [0.05, 0.1) is 24.9 Å². The number of hydrogen-bond acceptors (Lipinski definition) is 4. The highest BCUT2D eigenvalue weighted by Gasteiger charge is 2.29. The molecule has 2 aliphatic rings. The lowest BCUT2D eigenvalue weighted by Gasteiger charge is -2.34. The predicted molar refractivity (Wildman–Crippen MR) is 90.8 cm³/mol. The Kier molecular flexibility index (Phi) is 5.89. The molecule has 6 nitrogen and oxygen atoms in total. The largest absolute Gasteiger partial charge is 0.376 e. The van der Waals surface area contributed by atoms with Crippen LogP contribution in [0, 0.1) is 6.92 Å². The summed E-state index contributed by atoms with van der Waals surface area (Å²) in [5, 5.41) is 4.41. The molecular formula is C18H29N3O3. The molecule has 0 bridgehead atoms. The van der Waals surface area contributed by atoms with E-state index in [0.717, 1.165) is 44.4 Å². The summed E-state index contributed by atoms with van der Waals surface area (Å²) in [7, 11) is 0. The highest BCUT2D eigenvalue weighted by Crippen LogP contribution is 2.22. The van der Waals surface area contributed by atoms with E-state index < -0.39 is 6.10 Å². The van der Waals surface area contributed by atoms with Crippen LogP contribution >= 0.6 is 0 Å². The summed E-state index contributed by atoms with van der Waals surface area (Å²) in [5.41, 5.74) is 1.16. The summed E-state index contributed by atoms with van der Waals surface area (Å²) >= 11 is 0. The predicted octanol–water partition coefficient (Wildman–Crippen LogP) is 2.33. The molecule has 3 unspecified atom stereocenters. The third kappa shape index (κ3) is 4.36. The summed E-state index contributed by atoms with van der Waals surface area (Å²) in [6.07, 6.45) is 9.09. The number of likely N-dealkylation sites (tertiary alicyclic amines) is 1. The van der Waals surface area contributed by atoms with E-state index in [-0.39, 0.29) is 18.1 Å². The molecule has 0 aromatic carbocycles. The van der Waals surface area contributed by atoms with Crippen LogP contribution < -0.4 is 0 Å². The first-order valence-electron chi connectivity index (χ1n) is 9.16. The second-order valence-corrected chi connectivity index (χ2v) is 7.04. The molecule has 2 aliphatic heterocycles. The molecule has 2 fully saturated rings. The quantitative estimate of drug-likeness (QED) is 0.829. The van der Waals surface area contributed by atoms with Gasteiger partial charge in [0.2, 0.25) is 0 Å². The van der Waals surface area contributed by atoms with Crippen LogP contribution in [0.15, 0.2) is 12.4 Å². The lowest BCUT2D eigenvalue weighted by Crippen LogP contribution is -2.46. The second-order valence-electron chi connectivity index (χ2n) is 7.04. The Morgan fingerprint density at radius 2 is 2.29 bits per heavy atom. The van der Waals surface area contributed by atoms with Crippen molar-refractivity contribution in [1.82, 2.24) is 14.7 Å². The first-order valence-corrected chi connectivity index (χ1v) is 9.16. The molecular weight excluding hydrogens is 306 g/mol. The maximum atomic E-state index is 12.7. The van der Waals surface area contributed by atoms with Crippen LogP contribution in [-0.4, -0.2) is 59.1 Å². The van der Waals surface area contributed by atoms with Crippen molar-refractivity contribution in [2.45, 2.75) is 64.2 Å². The molecule has 24 heavy (non-hydrogen) atoms. The van der Waals surface area contributed by atoms with E-state index >= 15 is 0 Å². The van der Waals surface area contributed by atoms with E-state index in [1.807, 2.05) is 29.6 Å². The fraction of sp³-hybridized carbons (Fsp3) is 0.778. The van der Waals surface area contributed by atoms with E-state index in [9.17, 15) is 4.79 Å². The number of hydrogen-bond donors (Lipinski definition) is 0. The number of amides is 1. The number of rotatable bonds is 5. The van der Waals surface area contributed by atoms with Crippen molar-refractivity contribution in [1.29, 1.82) is 0 Å². The van der Waals surface area contributed by atoms with E-state index in [0.29, 0.717) is 13.2 Å². The number of carbonyl (C=O) groups excluding carboxylic acids is 1. The van der Waals surface area contributed by atoms with E-state index in [1.165, 1.54) is 6.42 Å². The van der Waals surface area contributed by atoms with Gasteiger partial charge >= 0.3 is 0 Å². The van der Waals surface area contributed by atoms with Crippen LogP contribution in [0.5, 0.6) is 0 Å². The number of carbonyl (C=O) groups is 1. The zero-order valence-corrected chi connectivity index (χ0v) is 14.8. The molecule has 3 atom stereocenters. The molecule has 6 heteroatoms. The monoisotopic (exact) mass is 335 g/mol. The molecule has 0 saturated carbocycles. The third-order valence-corrected chi connectivity index (χ3v) is 4.97. The van der Waals surface area contributed by atoms with Crippen molar-refractivity contribution >= 4 is 5.91 Å². The van der Waals surface area contributed by atoms with E-state index in [1.54, 1.807) is 0 Å². The Balaban J connectivity index is 1.49. The van der Waals surface area contributed by atoms with Crippen molar-refractivity contribution < 1.29 is 14.3 Å². The molecule has 134 valence electrons. The van der Waals surface area contributed by atoms with Gasteiger partial charge in [-0.25, -0.2) is 0 Å². The van der Waals surface area contributed by atoms with Crippen molar-refractivity contribution in [2.75, 3.05) is 26.3 Å². The Labute approximate surface area is 144 Å². The Morgan fingerprint density at radius 3 is 3.00 bits per heavy atom. The van der Waals surface area contributed by atoms with Crippen molar-refractivity contribution in [2.24, 2.45) is 0 Å². The lowest BCUT2D eigenvalue weighted by atomic mass is 10.1. The molecule has 1 aromatic rings. The maximum Gasteiger partial charge on any atom is 0.251 e. The van der Waals surface area contributed by atoms with E-state index in [2.05, 4.69) is 11.3 Å². The minimum absolute atomic E-state index is 0.0828. The molecule has 0 spiro atoms. The van der Waals surface area contributed by atoms with Gasteiger partial charge in [0.15, 0.2) is 0 Å². The topological polar surface area (TPSA) is 56.6 Å². The molecule has 0 N–H and O–H groups in total. The first-order chi connectivity index (χ1) is 11.6. The van der Waals surface area contributed by atoms with Crippen molar-refractivity contribution in [3.8, 4) is 0 Å². The molecule has 0 aliphatic carbocycles. The Morgan fingerprint density at radius 1 is 1.42 bits per heavy atom. The number of ether oxygens (including phenoxy) is 2. The standard InChI is InChI=1S/C18H29N3O3/c1-14-10-19-21(11-14)16-6-5-8-20(12-16)18(22)15(2)24-13-17-7-3-4-9-23-17/h10-11,15-17H,3-9,12-13H2,1-2H3. The molecule has 3 rings (SSSR count). The van der Waals surface area contributed by atoms with Gasteiger partial charge in [-0.05, 0) is 51.5 Å². The minimum atomic E-state index is -0.409. The average molecular weight is 335 g/mol. The van der Waals surface area contributed by atoms with Gasteiger partial charge in [-0.1, -0.05) is 0 Å². The van der Waals surface area contributed by atoms with Crippen LogP contribution in [-0.2, 0) is 14.3 Å². The molecule has 0 radical (unpaired) electrons. The first kappa shape index (κ1) is 17.4. The molecule has 1 amide bonds. The fourth-order valence-corrected chi connectivity index (χ4v) is 3.52. The van der Waals surface area contributed by atoms with Gasteiger partial charge in [-0.2, -0.15) is 5.10 Å². The van der Waals surface area contributed by atoms with Crippen molar-refractivity contribution in [3.63, 3.8) is 0 Å². The summed E-state index contributed by atoms with van der Waals surface area (Å²) < 4.78 is 13.5. The van der Waals surface area contributed by atoms with Crippen LogP contribution in [0.3, 0.4) is 0 Å². The van der Waals surface area contributed by atoms with Crippen LogP contribution in [0.4, 0.5) is 0 Å². The zero-order valence-electron chi connectivity index (χ0n) is 14.8. The Bertz CT molecular complexity index is 539. The SMILES string of the molecule is Cc1cnn(C2CCCN(C(=O)C(C)OCC3CCCCO3)C2)c1. The summed E-state index contributed by atoms with van der Waals surface area (Å²) in [5.74, 6) is 0.0828. The third-order valence-electron chi connectivity index (χ3n) is 4.97. The normalized spacial score (nSPS) is 26.3. The number of piperidine rings is 1. The molecule has 1 aromatic heterocycles. The van der Waals surface area contributed by atoms with Crippen LogP contribution in [0.25, 0.3) is 0 Å². The maximum absolute atomic E-state index is 12.7. The molecule has 2 saturated heterocycles. The van der Waals surface area contributed by atoms with Crippen LogP contribution in [0.1, 0.15) is 50.6 Å². The zero-order chi connectivity index (χ0) is 16.9. The minimum Gasteiger partial charge on any atom is -0.376 e. The van der Waals surface area contributed by atoms with Crippen molar-refractivity contribution in [3.05, 3.63) is 18.0 Å². The van der Waals surface area contributed by atoms with Gasteiger partial charge in [0.1, 0.15) is 6.10 Å². The number of aryl methyl sites for hydroxylation is 1. The van der Waals surface area contributed by atoms with Gasteiger partial charge < -0.3 is 14.4 Å². The van der Waals surface area contributed by atoms with Gasteiger partial charge in [-0.3, -0.25) is 9.48 Å². The lowest BCUT2D eigenvalue weighted by molar-refractivity contribution is -0.147. The second kappa shape index (κ2) is 8.12. The van der Waals surface area contributed by atoms with Gasteiger partial charge in [-0.15, -0.1) is 0 Å². The fourth-order valence-electron chi connectivity index (χ4n) is 3.52. The van der Waals surface area contributed by atoms with E-state index in [4.69, 9.17) is 9.47 Å².